The lowest BCUT2D eigenvalue weighted by molar-refractivity contribution is 0.0685. The first-order chi connectivity index (χ1) is 9.36. The monoisotopic (exact) mass is 302 g/mol. The molecule has 1 fully saturated rings. The van der Waals surface area contributed by atoms with Gasteiger partial charge in [-0.15, -0.1) is 0 Å². The number of aromatic nitrogens is 1. The second-order valence-corrected chi connectivity index (χ2v) is 6.75. The van der Waals surface area contributed by atoms with Crippen LogP contribution in [-0.2, 0) is 16.6 Å². The van der Waals surface area contributed by atoms with Crippen molar-refractivity contribution in [3.8, 4) is 0 Å². The van der Waals surface area contributed by atoms with Crippen LogP contribution >= 0.6 is 0 Å². The summed E-state index contributed by atoms with van der Waals surface area (Å²) in [6, 6.07) is 1.17. The minimum Gasteiger partial charge on any atom is -0.477 e. The summed E-state index contributed by atoms with van der Waals surface area (Å²) in [5.41, 5.74) is -0.0522. The second-order valence-electron chi connectivity index (χ2n) is 4.81. The number of rotatable bonds is 4. The van der Waals surface area contributed by atoms with Crippen LogP contribution in [0.3, 0.4) is 0 Å². The van der Waals surface area contributed by atoms with Crippen molar-refractivity contribution in [2.45, 2.75) is 37.3 Å². The van der Waals surface area contributed by atoms with Crippen molar-refractivity contribution >= 4 is 16.0 Å². The lowest BCUT2D eigenvalue weighted by Crippen LogP contribution is -2.41. The Bertz CT molecular complexity index is 607. The van der Waals surface area contributed by atoms with Gasteiger partial charge in [-0.05, 0) is 25.8 Å². The van der Waals surface area contributed by atoms with Gasteiger partial charge in [0.1, 0.15) is 10.6 Å². The molecule has 1 saturated heterocycles. The Balaban J connectivity index is 2.36. The number of carbonyl (C=O) groups is 1. The van der Waals surface area contributed by atoms with Gasteiger partial charge in [0.25, 0.3) is 0 Å². The van der Waals surface area contributed by atoms with E-state index in [4.69, 9.17) is 5.11 Å². The highest BCUT2D eigenvalue weighted by atomic mass is 32.2. The summed E-state index contributed by atoms with van der Waals surface area (Å²) >= 11 is 0. The zero-order valence-electron chi connectivity index (χ0n) is 11.2. The number of sulfonamides is 1. The number of aliphatic hydroxyl groups excluding tert-OH is 1. The van der Waals surface area contributed by atoms with Crippen molar-refractivity contribution in [1.29, 1.82) is 0 Å². The Morgan fingerprint density at radius 2 is 2.20 bits per heavy atom. The predicted octanol–water partition coefficient (Wildman–Crippen LogP) is 0.352. The highest BCUT2D eigenvalue weighted by Crippen LogP contribution is 2.22. The number of piperidine rings is 1. The molecule has 1 aliphatic rings. The summed E-state index contributed by atoms with van der Waals surface area (Å²) in [7, 11) is -3.75. The van der Waals surface area contributed by atoms with E-state index >= 15 is 0 Å². The van der Waals surface area contributed by atoms with Gasteiger partial charge in [-0.3, -0.25) is 0 Å². The molecule has 20 heavy (non-hydrogen) atoms. The van der Waals surface area contributed by atoms with Gasteiger partial charge < -0.3 is 14.8 Å². The molecule has 112 valence electrons. The summed E-state index contributed by atoms with van der Waals surface area (Å²) in [6.07, 6.45) is 1.86. The molecule has 2 rings (SSSR count). The molecule has 0 aliphatic carbocycles. The van der Waals surface area contributed by atoms with Gasteiger partial charge in [0.05, 0.1) is 6.10 Å². The number of β-amino-alcohol motifs (C(OH)–C–C–N with tert-alkyl or cyclic N) is 1. The summed E-state index contributed by atoms with van der Waals surface area (Å²) in [5, 5.41) is 18.6. The highest BCUT2D eigenvalue weighted by molar-refractivity contribution is 7.89. The molecule has 1 aliphatic heterocycles. The van der Waals surface area contributed by atoms with Crippen molar-refractivity contribution in [2.24, 2.45) is 0 Å². The van der Waals surface area contributed by atoms with Gasteiger partial charge in [-0.25, -0.2) is 13.2 Å². The van der Waals surface area contributed by atoms with E-state index < -0.39 is 22.1 Å². The number of aliphatic hydroxyl groups is 1. The average molecular weight is 302 g/mol. The normalized spacial score (nSPS) is 21.0. The van der Waals surface area contributed by atoms with Crippen molar-refractivity contribution in [2.75, 3.05) is 13.1 Å². The molecule has 1 unspecified atom stereocenters. The quantitative estimate of drug-likeness (QED) is 0.836. The first-order valence-corrected chi connectivity index (χ1v) is 7.92. The van der Waals surface area contributed by atoms with Gasteiger partial charge in [-0.2, -0.15) is 4.31 Å². The molecule has 1 aromatic rings. The van der Waals surface area contributed by atoms with Crippen LogP contribution in [0.2, 0.25) is 0 Å². The zero-order valence-corrected chi connectivity index (χ0v) is 12.0. The summed E-state index contributed by atoms with van der Waals surface area (Å²) in [5.74, 6) is -1.16. The van der Waals surface area contributed by atoms with E-state index in [1.165, 1.54) is 21.1 Å². The van der Waals surface area contributed by atoms with Crippen molar-refractivity contribution in [3.05, 3.63) is 18.0 Å². The molecule has 1 aromatic heterocycles. The van der Waals surface area contributed by atoms with Gasteiger partial charge in [0.15, 0.2) is 0 Å². The number of aromatic carboxylic acids is 1. The van der Waals surface area contributed by atoms with E-state index in [1.54, 1.807) is 6.92 Å². The maximum atomic E-state index is 12.4. The molecule has 0 spiro atoms. The fraction of sp³-hybridized carbons (Fsp3) is 0.583. The molecule has 2 heterocycles. The standard InChI is InChI=1S/C12H18N2O5S/c1-2-13-8-10(6-11(13)12(16)17)20(18,19)14-5-3-4-9(15)7-14/h6,8-9,15H,2-5,7H2,1H3,(H,16,17). The Labute approximate surface area is 117 Å². The van der Waals surface area contributed by atoms with E-state index in [0.717, 1.165) is 0 Å². The fourth-order valence-corrected chi connectivity index (χ4v) is 3.91. The average Bonchev–Trinajstić information content (AvgIpc) is 2.83. The minimum absolute atomic E-state index is 0.0362. The van der Waals surface area contributed by atoms with E-state index in [0.29, 0.717) is 25.9 Å². The molecule has 0 bridgehead atoms. The van der Waals surface area contributed by atoms with Crippen LogP contribution in [0.1, 0.15) is 30.3 Å². The van der Waals surface area contributed by atoms with Gasteiger partial charge in [0, 0.05) is 25.8 Å². The third-order valence-corrected chi connectivity index (χ3v) is 5.26. The molecular weight excluding hydrogens is 284 g/mol. The zero-order chi connectivity index (χ0) is 14.9. The second kappa shape index (κ2) is 5.55. The van der Waals surface area contributed by atoms with E-state index in [2.05, 4.69) is 0 Å². The molecular formula is C12H18N2O5S. The highest BCUT2D eigenvalue weighted by Gasteiger charge is 2.31. The van der Waals surface area contributed by atoms with E-state index in [9.17, 15) is 18.3 Å². The Hall–Kier alpha value is -1.38. The number of hydrogen-bond donors (Lipinski definition) is 2. The SMILES string of the molecule is CCn1cc(S(=O)(=O)N2CCCC(O)C2)cc1C(=O)O. The lowest BCUT2D eigenvalue weighted by atomic mass is 10.1. The van der Waals surface area contributed by atoms with Crippen LogP contribution in [0.15, 0.2) is 17.2 Å². The molecule has 0 amide bonds. The van der Waals surface area contributed by atoms with Crippen LogP contribution in [0.4, 0.5) is 0 Å². The van der Waals surface area contributed by atoms with Crippen molar-refractivity contribution < 1.29 is 23.4 Å². The van der Waals surface area contributed by atoms with Crippen molar-refractivity contribution in [3.63, 3.8) is 0 Å². The Morgan fingerprint density at radius 3 is 2.70 bits per heavy atom. The summed E-state index contributed by atoms with van der Waals surface area (Å²) in [6.45, 7) is 2.52. The van der Waals surface area contributed by atoms with Crippen LogP contribution in [0.25, 0.3) is 0 Å². The third kappa shape index (κ3) is 2.72. The maximum Gasteiger partial charge on any atom is 0.352 e. The number of nitrogens with zero attached hydrogens (tertiary/aromatic N) is 2. The van der Waals surface area contributed by atoms with Gasteiger partial charge in [0.2, 0.25) is 10.0 Å². The topological polar surface area (TPSA) is 99.8 Å². The van der Waals surface area contributed by atoms with Crippen LogP contribution in [0.5, 0.6) is 0 Å². The molecule has 2 N–H and O–H groups in total. The lowest BCUT2D eigenvalue weighted by Gasteiger charge is -2.28. The molecule has 0 aromatic carbocycles. The fourth-order valence-electron chi connectivity index (χ4n) is 2.35. The number of aryl methyl sites for hydroxylation is 1. The van der Waals surface area contributed by atoms with Crippen LogP contribution in [0, 0.1) is 0 Å². The van der Waals surface area contributed by atoms with Gasteiger partial charge in [-0.1, -0.05) is 0 Å². The molecule has 1 atom stereocenters. The Morgan fingerprint density at radius 1 is 1.50 bits per heavy atom. The van der Waals surface area contributed by atoms with E-state index in [-0.39, 0.29) is 17.1 Å². The Kier molecular flexibility index (Phi) is 4.17. The summed E-state index contributed by atoms with van der Waals surface area (Å²) in [4.78, 5) is 11.0. The first kappa shape index (κ1) is 15.0. The number of carboxylic acid groups (broad SMARTS) is 1. The number of hydrogen-bond acceptors (Lipinski definition) is 4. The van der Waals surface area contributed by atoms with E-state index in [1.807, 2.05) is 0 Å². The van der Waals surface area contributed by atoms with Gasteiger partial charge >= 0.3 is 5.97 Å². The minimum atomic E-state index is -3.75. The molecule has 0 saturated carbocycles. The summed E-state index contributed by atoms with van der Waals surface area (Å²) < 4.78 is 27.5. The first-order valence-electron chi connectivity index (χ1n) is 6.48. The van der Waals surface area contributed by atoms with Crippen LogP contribution < -0.4 is 0 Å². The third-order valence-electron chi connectivity index (χ3n) is 3.43. The maximum absolute atomic E-state index is 12.4. The predicted molar refractivity (Wildman–Crippen MR) is 71.1 cm³/mol. The largest absolute Gasteiger partial charge is 0.477 e. The van der Waals surface area contributed by atoms with Crippen molar-refractivity contribution in [1.82, 2.24) is 8.87 Å². The molecule has 8 heteroatoms. The molecule has 7 nitrogen and oxygen atoms in total. The van der Waals surface area contributed by atoms with Crippen LogP contribution in [-0.4, -0.2) is 52.7 Å². The molecule has 0 radical (unpaired) electrons. The smallest absolute Gasteiger partial charge is 0.352 e. The number of carboxylic acids is 1.